The van der Waals surface area contributed by atoms with Crippen molar-refractivity contribution in [2.24, 2.45) is 5.41 Å². The molecule has 1 heterocycles. The number of halogens is 3. The molecular formula is C20H27F3N2O2. The Bertz CT molecular complexity index is 660. The molecule has 1 aromatic rings. The van der Waals surface area contributed by atoms with Gasteiger partial charge in [0.2, 0.25) is 5.91 Å². The van der Waals surface area contributed by atoms with Gasteiger partial charge in [-0.25, -0.2) is 0 Å². The molecular weight excluding hydrogens is 357 g/mol. The van der Waals surface area contributed by atoms with Gasteiger partial charge < -0.3 is 15.4 Å². The number of methoxy groups -OCH3 is 1. The molecule has 7 heteroatoms. The third-order valence-corrected chi connectivity index (χ3v) is 6.12. The Hall–Kier alpha value is -1.60. The molecule has 2 aliphatic rings. The first kappa shape index (κ1) is 20.1. The quantitative estimate of drug-likeness (QED) is 0.792. The van der Waals surface area contributed by atoms with Gasteiger partial charge in [-0.05, 0) is 50.4 Å². The zero-order valence-electron chi connectivity index (χ0n) is 15.6. The van der Waals surface area contributed by atoms with Crippen molar-refractivity contribution in [1.29, 1.82) is 0 Å². The van der Waals surface area contributed by atoms with Crippen LogP contribution in [0.5, 0.6) is 0 Å². The minimum Gasteiger partial charge on any atom is -0.384 e. The van der Waals surface area contributed by atoms with Crippen LogP contribution < -0.4 is 10.6 Å². The normalized spacial score (nSPS) is 21.3. The Kier molecular flexibility index (Phi) is 5.82. The van der Waals surface area contributed by atoms with Crippen molar-refractivity contribution in [2.75, 3.05) is 33.4 Å². The molecule has 1 aliphatic carbocycles. The fourth-order valence-corrected chi connectivity index (χ4v) is 4.24. The van der Waals surface area contributed by atoms with E-state index in [0.29, 0.717) is 31.6 Å². The number of ether oxygens (including phenoxy) is 1. The van der Waals surface area contributed by atoms with E-state index in [2.05, 4.69) is 10.6 Å². The summed E-state index contributed by atoms with van der Waals surface area (Å²) >= 11 is 0. The molecule has 1 saturated heterocycles. The molecule has 1 aromatic carbocycles. The first-order valence-electron chi connectivity index (χ1n) is 9.47. The van der Waals surface area contributed by atoms with E-state index >= 15 is 0 Å². The summed E-state index contributed by atoms with van der Waals surface area (Å²) in [7, 11) is 1.65. The number of amides is 1. The van der Waals surface area contributed by atoms with E-state index in [0.717, 1.165) is 44.5 Å². The molecule has 1 saturated carbocycles. The number of carbonyl (C=O) groups is 1. The fourth-order valence-electron chi connectivity index (χ4n) is 4.24. The van der Waals surface area contributed by atoms with E-state index in [1.807, 2.05) is 0 Å². The Labute approximate surface area is 157 Å². The predicted molar refractivity (Wildman–Crippen MR) is 96.4 cm³/mol. The Balaban J connectivity index is 1.76. The third-order valence-electron chi connectivity index (χ3n) is 6.12. The first-order valence-corrected chi connectivity index (χ1v) is 9.47. The van der Waals surface area contributed by atoms with Crippen LogP contribution in [0.1, 0.15) is 43.2 Å². The van der Waals surface area contributed by atoms with Crippen LogP contribution in [0.3, 0.4) is 0 Å². The highest BCUT2D eigenvalue weighted by molar-refractivity contribution is 5.89. The maximum atomic E-state index is 13.1. The number of rotatable bonds is 6. The largest absolute Gasteiger partial charge is 0.416 e. The average molecular weight is 384 g/mol. The molecule has 2 N–H and O–H groups in total. The summed E-state index contributed by atoms with van der Waals surface area (Å²) in [6.07, 6.45) is -0.598. The van der Waals surface area contributed by atoms with Gasteiger partial charge in [0, 0.05) is 19.1 Å². The highest BCUT2D eigenvalue weighted by Crippen LogP contribution is 2.45. The van der Waals surface area contributed by atoms with Crippen LogP contribution in [0.4, 0.5) is 13.2 Å². The van der Waals surface area contributed by atoms with Crippen LogP contribution >= 0.6 is 0 Å². The van der Waals surface area contributed by atoms with Gasteiger partial charge in [-0.1, -0.05) is 24.6 Å². The molecule has 0 aromatic heterocycles. The van der Waals surface area contributed by atoms with Crippen molar-refractivity contribution >= 4 is 5.91 Å². The van der Waals surface area contributed by atoms with Gasteiger partial charge in [0.1, 0.15) is 0 Å². The number of piperidine rings is 1. The van der Waals surface area contributed by atoms with Crippen molar-refractivity contribution < 1.29 is 22.7 Å². The van der Waals surface area contributed by atoms with Gasteiger partial charge in [-0.2, -0.15) is 13.2 Å². The summed E-state index contributed by atoms with van der Waals surface area (Å²) < 4.78 is 44.6. The lowest BCUT2D eigenvalue weighted by atomic mass is 9.63. The minimum absolute atomic E-state index is 0.117. The third kappa shape index (κ3) is 4.14. The smallest absolute Gasteiger partial charge is 0.384 e. The van der Waals surface area contributed by atoms with Gasteiger partial charge in [0.05, 0.1) is 17.6 Å². The summed E-state index contributed by atoms with van der Waals surface area (Å²) in [5, 5.41) is 6.36. The highest BCUT2D eigenvalue weighted by atomic mass is 19.4. The summed E-state index contributed by atoms with van der Waals surface area (Å²) in [5.74, 6) is -0.165. The molecule has 0 radical (unpaired) electrons. The highest BCUT2D eigenvalue weighted by Gasteiger charge is 2.47. The molecule has 2 fully saturated rings. The van der Waals surface area contributed by atoms with Crippen LogP contribution in [-0.4, -0.2) is 39.3 Å². The second-order valence-electron chi connectivity index (χ2n) is 7.88. The molecule has 3 rings (SSSR count). The topological polar surface area (TPSA) is 50.4 Å². The van der Waals surface area contributed by atoms with Crippen molar-refractivity contribution in [3.8, 4) is 0 Å². The van der Waals surface area contributed by atoms with Crippen molar-refractivity contribution in [3.05, 3.63) is 35.4 Å². The second kappa shape index (κ2) is 7.80. The fraction of sp³-hybridized carbons (Fsp3) is 0.650. The molecule has 150 valence electrons. The Morgan fingerprint density at radius 3 is 2.48 bits per heavy atom. The predicted octanol–water partition coefficient (Wildman–Crippen LogP) is 3.26. The molecule has 1 aliphatic heterocycles. The van der Waals surface area contributed by atoms with Gasteiger partial charge >= 0.3 is 6.18 Å². The van der Waals surface area contributed by atoms with Gasteiger partial charge in [0.15, 0.2) is 0 Å². The SMILES string of the molecule is COCC1(CNC(=O)C2(c3cccc(C(F)(F)F)c3)CCC2)CCNCC1. The molecule has 27 heavy (non-hydrogen) atoms. The summed E-state index contributed by atoms with van der Waals surface area (Å²) in [6, 6.07) is 5.22. The van der Waals surface area contributed by atoms with Crippen LogP contribution in [0.2, 0.25) is 0 Å². The first-order chi connectivity index (χ1) is 12.8. The van der Waals surface area contributed by atoms with Gasteiger partial charge in [-0.15, -0.1) is 0 Å². The van der Waals surface area contributed by atoms with Crippen LogP contribution in [0.25, 0.3) is 0 Å². The number of nitrogens with one attached hydrogen (secondary N) is 2. The number of hydrogen-bond acceptors (Lipinski definition) is 3. The number of benzene rings is 1. The lowest BCUT2D eigenvalue weighted by Crippen LogP contribution is -2.54. The second-order valence-corrected chi connectivity index (χ2v) is 7.88. The molecule has 0 bridgehead atoms. The average Bonchev–Trinajstić information content (AvgIpc) is 2.60. The zero-order valence-corrected chi connectivity index (χ0v) is 15.6. The van der Waals surface area contributed by atoms with Crippen molar-refractivity contribution in [3.63, 3.8) is 0 Å². The lowest BCUT2D eigenvalue weighted by Gasteiger charge is -2.43. The van der Waals surface area contributed by atoms with Crippen LogP contribution in [0.15, 0.2) is 24.3 Å². The lowest BCUT2D eigenvalue weighted by molar-refractivity contribution is -0.138. The van der Waals surface area contributed by atoms with E-state index < -0.39 is 17.2 Å². The molecule has 4 nitrogen and oxygen atoms in total. The van der Waals surface area contributed by atoms with E-state index in [1.54, 1.807) is 13.2 Å². The van der Waals surface area contributed by atoms with E-state index in [1.165, 1.54) is 6.07 Å². The van der Waals surface area contributed by atoms with Crippen molar-refractivity contribution in [2.45, 2.75) is 43.7 Å². The minimum atomic E-state index is -4.41. The van der Waals surface area contributed by atoms with Crippen molar-refractivity contribution in [1.82, 2.24) is 10.6 Å². The number of alkyl halides is 3. The Morgan fingerprint density at radius 2 is 1.93 bits per heavy atom. The standard InChI is InChI=1S/C20H27F3N2O2/c1-27-14-18(8-10-24-11-9-18)13-25-17(26)19(6-3-7-19)15-4-2-5-16(12-15)20(21,22)23/h2,4-5,12,24H,3,6-11,13-14H2,1H3,(H,25,26). The number of carbonyl (C=O) groups excluding carboxylic acids is 1. The number of hydrogen-bond donors (Lipinski definition) is 2. The molecule has 0 unspecified atom stereocenters. The van der Waals surface area contributed by atoms with Gasteiger partial charge in [0.25, 0.3) is 0 Å². The van der Waals surface area contributed by atoms with Crippen LogP contribution in [0, 0.1) is 5.41 Å². The zero-order chi connectivity index (χ0) is 19.5. The monoisotopic (exact) mass is 384 g/mol. The molecule has 0 atom stereocenters. The molecule has 1 amide bonds. The van der Waals surface area contributed by atoms with Crippen LogP contribution in [-0.2, 0) is 21.1 Å². The van der Waals surface area contributed by atoms with E-state index in [9.17, 15) is 18.0 Å². The van der Waals surface area contributed by atoms with Gasteiger partial charge in [-0.3, -0.25) is 4.79 Å². The summed E-state index contributed by atoms with van der Waals surface area (Å²) in [5.41, 5.74) is -1.20. The summed E-state index contributed by atoms with van der Waals surface area (Å²) in [4.78, 5) is 13.0. The maximum absolute atomic E-state index is 13.1. The maximum Gasteiger partial charge on any atom is 0.416 e. The van der Waals surface area contributed by atoms with E-state index in [4.69, 9.17) is 4.74 Å². The molecule has 0 spiro atoms. The summed E-state index contributed by atoms with van der Waals surface area (Å²) in [6.45, 7) is 2.80. The van der Waals surface area contributed by atoms with E-state index in [-0.39, 0.29) is 11.3 Å². The Morgan fingerprint density at radius 1 is 1.22 bits per heavy atom.